The Morgan fingerprint density at radius 2 is 1.73 bits per heavy atom. The molecule has 0 fully saturated rings. The maximum atomic E-state index is 12.8. The molecule has 0 aliphatic rings. The van der Waals surface area contributed by atoms with Crippen molar-refractivity contribution < 1.29 is 9.59 Å². The molecule has 0 aliphatic carbocycles. The first-order valence-corrected chi connectivity index (χ1v) is 12.1. The van der Waals surface area contributed by atoms with Gasteiger partial charge in [-0.1, -0.05) is 60.4 Å². The highest BCUT2D eigenvalue weighted by molar-refractivity contribution is 7.99. The Bertz CT molecular complexity index is 1150. The van der Waals surface area contributed by atoms with Gasteiger partial charge in [0.25, 0.3) is 5.91 Å². The number of hydrogen-bond acceptors (Lipinski definition) is 5. The molecule has 3 rings (SSSR count). The van der Waals surface area contributed by atoms with E-state index in [2.05, 4.69) is 20.8 Å². The first kappa shape index (κ1) is 25.4. The van der Waals surface area contributed by atoms with Crippen LogP contribution in [0.25, 0.3) is 0 Å². The highest BCUT2D eigenvalue weighted by Gasteiger charge is 2.25. The van der Waals surface area contributed by atoms with Gasteiger partial charge in [-0.05, 0) is 48.4 Å². The summed E-state index contributed by atoms with van der Waals surface area (Å²) < 4.78 is 1.78. The van der Waals surface area contributed by atoms with Crippen LogP contribution in [0, 0.1) is 5.92 Å². The van der Waals surface area contributed by atoms with Gasteiger partial charge in [-0.25, -0.2) is 0 Å². The van der Waals surface area contributed by atoms with Crippen molar-refractivity contribution in [3.63, 3.8) is 0 Å². The third-order valence-corrected chi connectivity index (χ3v) is 6.75. The molecule has 11 heteroatoms. The number of amides is 2. The number of thioether (sulfide) groups is 1. The molecule has 1 atom stereocenters. The molecule has 0 spiro atoms. The minimum absolute atomic E-state index is 0.0330. The van der Waals surface area contributed by atoms with Gasteiger partial charge in [-0.2, -0.15) is 0 Å². The zero-order chi connectivity index (χ0) is 24.1. The van der Waals surface area contributed by atoms with Crippen molar-refractivity contribution >= 4 is 64.1 Å². The first-order valence-electron chi connectivity index (χ1n) is 9.99. The average molecular weight is 527 g/mol. The monoisotopic (exact) mass is 525 g/mol. The second-order valence-electron chi connectivity index (χ2n) is 7.57. The molecule has 33 heavy (non-hydrogen) atoms. The number of nitrogens with zero attached hydrogens (tertiary/aromatic N) is 3. The van der Waals surface area contributed by atoms with Gasteiger partial charge in [0.15, 0.2) is 11.0 Å². The average Bonchev–Trinajstić information content (AvgIpc) is 3.13. The molecule has 3 aromatic rings. The molecule has 0 radical (unpaired) electrons. The molecule has 7 nitrogen and oxygen atoms in total. The summed E-state index contributed by atoms with van der Waals surface area (Å²) in [6, 6.07) is 11.2. The fourth-order valence-electron chi connectivity index (χ4n) is 2.97. The topological polar surface area (TPSA) is 88.9 Å². The summed E-state index contributed by atoms with van der Waals surface area (Å²) in [4.78, 5) is 25.1. The van der Waals surface area contributed by atoms with Gasteiger partial charge in [0.2, 0.25) is 5.91 Å². The second kappa shape index (κ2) is 11.2. The number of hydrogen-bond donors (Lipinski definition) is 2. The molecule has 0 aliphatic heterocycles. The van der Waals surface area contributed by atoms with Crippen LogP contribution in [0.5, 0.6) is 0 Å². The lowest BCUT2D eigenvalue weighted by Crippen LogP contribution is -2.33. The SMILES string of the molecule is CC(C)[C@H](NC(=O)c1ccc(Cl)c(Cl)c1)c1nnc(SCC(=O)Nc2ccc(Cl)cc2)n1C. The summed E-state index contributed by atoms with van der Waals surface area (Å²) in [7, 11) is 1.80. The van der Waals surface area contributed by atoms with Crippen LogP contribution < -0.4 is 10.6 Å². The Kier molecular flexibility index (Phi) is 8.64. The number of rotatable bonds is 8. The summed E-state index contributed by atoms with van der Waals surface area (Å²) in [5, 5.41) is 16.1. The van der Waals surface area contributed by atoms with E-state index in [-0.39, 0.29) is 23.5 Å². The number of carbonyl (C=O) groups excluding carboxylic acids is 2. The first-order chi connectivity index (χ1) is 15.7. The summed E-state index contributed by atoms with van der Waals surface area (Å²) in [6.45, 7) is 3.95. The molecule has 2 amide bonds. The Hall–Kier alpha value is -2.26. The predicted molar refractivity (Wildman–Crippen MR) is 133 cm³/mol. The van der Waals surface area contributed by atoms with Crippen molar-refractivity contribution in [3.8, 4) is 0 Å². The van der Waals surface area contributed by atoms with Gasteiger partial charge in [-0.15, -0.1) is 10.2 Å². The van der Waals surface area contributed by atoms with Crippen LogP contribution >= 0.6 is 46.6 Å². The summed E-state index contributed by atoms with van der Waals surface area (Å²) in [5.41, 5.74) is 1.05. The lowest BCUT2D eigenvalue weighted by molar-refractivity contribution is -0.113. The van der Waals surface area contributed by atoms with Gasteiger partial charge in [0.1, 0.15) is 0 Å². The van der Waals surface area contributed by atoms with E-state index in [0.717, 1.165) is 0 Å². The third-order valence-electron chi connectivity index (χ3n) is 4.74. The van der Waals surface area contributed by atoms with Crippen molar-refractivity contribution in [2.45, 2.75) is 25.0 Å². The second-order valence-corrected chi connectivity index (χ2v) is 9.76. The predicted octanol–water partition coefficient (Wildman–Crippen LogP) is 5.63. The molecule has 174 valence electrons. The van der Waals surface area contributed by atoms with Crippen LogP contribution in [0.15, 0.2) is 47.6 Å². The molecule has 1 aromatic heterocycles. The maximum absolute atomic E-state index is 12.8. The minimum Gasteiger partial charge on any atom is -0.342 e. The van der Waals surface area contributed by atoms with Crippen LogP contribution in [0.4, 0.5) is 5.69 Å². The standard InChI is InChI=1S/C22H22Cl3N5O2S/c1-12(2)19(27-21(32)13-4-9-16(24)17(25)10-13)20-28-29-22(30(20)3)33-11-18(31)26-15-7-5-14(23)6-8-15/h4-10,12,19H,11H2,1-3H3,(H,26,31)(H,27,32)/t19-/m0/s1. The van der Waals surface area contributed by atoms with E-state index in [1.807, 2.05) is 13.8 Å². The largest absolute Gasteiger partial charge is 0.342 e. The van der Waals surface area contributed by atoms with E-state index >= 15 is 0 Å². The van der Waals surface area contributed by atoms with Crippen LogP contribution in [0.2, 0.25) is 15.1 Å². The highest BCUT2D eigenvalue weighted by Crippen LogP contribution is 2.26. The number of anilines is 1. The van der Waals surface area contributed by atoms with Gasteiger partial charge >= 0.3 is 0 Å². The van der Waals surface area contributed by atoms with Gasteiger partial charge < -0.3 is 15.2 Å². The third kappa shape index (κ3) is 6.63. The molecule has 0 saturated carbocycles. The Morgan fingerprint density at radius 3 is 2.36 bits per heavy atom. The molecule has 0 unspecified atom stereocenters. The van der Waals surface area contributed by atoms with E-state index in [9.17, 15) is 9.59 Å². The minimum atomic E-state index is -0.401. The fraction of sp³-hybridized carbons (Fsp3) is 0.273. The van der Waals surface area contributed by atoms with Gasteiger partial charge in [0, 0.05) is 23.3 Å². The maximum Gasteiger partial charge on any atom is 0.251 e. The van der Waals surface area contributed by atoms with E-state index in [4.69, 9.17) is 34.8 Å². The van der Waals surface area contributed by atoms with E-state index < -0.39 is 6.04 Å². The van der Waals surface area contributed by atoms with E-state index in [0.29, 0.717) is 37.3 Å². The quantitative estimate of drug-likeness (QED) is 0.371. The Morgan fingerprint density at radius 1 is 1.03 bits per heavy atom. The molecular weight excluding hydrogens is 505 g/mol. The van der Waals surface area contributed by atoms with Crippen molar-refractivity contribution in [1.29, 1.82) is 0 Å². The zero-order valence-corrected chi connectivity index (χ0v) is 21.2. The molecule has 1 heterocycles. The van der Waals surface area contributed by atoms with Gasteiger partial charge in [-0.3, -0.25) is 9.59 Å². The smallest absolute Gasteiger partial charge is 0.251 e. The number of benzene rings is 2. The number of nitrogens with one attached hydrogen (secondary N) is 2. The lowest BCUT2D eigenvalue weighted by atomic mass is 10.0. The van der Waals surface area contributed by atoms with Crippen molar-refractivity contribution in [1.82, 2.24) is 20.1 Å². The van der Waals surface area contributed by atoms with Crippen LogP contribution in [0.3, 0.4) is 0 Å². The fourth-order valence-corrected chi connectivity index (χ4v) is 4.12. The molecular formula is C22H22Cl3N5O2S. The zero-order valence-electron chi connectivity index (χ0n) is 18.1. The van der Waals surface area contributed by atoms with Crippen LogP contribution in [0.1, 0.15) is 36.1 Å². The van der Waals surface area contributed by atoms with Crippen LogP contribution in [-0.2, 0) is 11.8 Å². The summed E-state index contributed by atoms with van der Waals surface area (Å²) in [5.74, 6) is 0.285. The van der Waals surface area contributed by atoms with Gasteiger partial charge in [0.05, 0.1) is 21.8 Å². The molecule has 2 N–H and O–H groups in total. The number of aromatic nitrogens is 3. The Balaban J connectivity index is 1.67. The van der Waals surface area contributed by atoms with Crippen molar-refractivity contribution in [3.05, 3.63) is 68.9 Å². The Labute approximate surface area is 211 Å². The number of halogens is 3. The van der Waals surface area contributed by atoms with Crippen molar-refractivity contribution in [2.24, 2.45) is 13.0 Å². The van der Waals surface area contributed by atoms with E-state index in [1.54, 1.807) is 48.0 Å². The normalized spacial score (nSPS) is 12.0. The molecule has 0 bridgehead atoms. The summed E-state index contributed by atoms with van der Waals surface area (Å²) >= 11 is 19.1. The molecule has 0 saturated heterocycles. The lowest BCUT2D eigenvalue weighted by Gasteiger charge is -2.22. The number of carbonyl (C=O) groups is 2. The van der Waals surface area contributed by atoms with E-state index in [1.165, 1.54) is 17.8 Å². The summed E-state index contributed by atoms with van der Waals surface area (Å²) in [6.07, 6.45) is 0. The van der Waals surface area contributed by atoms with Crippen molar-refractivity contribution in [2.75, 3.05) is 11.1 Å². The van der Waals surface area contributed by atoms with Crippen LogP contribution in [-0.4, -0.2) is 32.3 Å². The molecule has 2 aromatic carbocycles. The highest BCUT2D eigenvalue weighted by atomic mass is 35.5.